The largest absolute Gasteiger partial charge is 0.385 e. The van der Waals surface area contributed by atoms with E-state index in [1.54, 1.807) is 12.2 Å². The molecule has 0 radical (unpaired) electrons. The third kappa shape index (κ3) is 4.04. The molecule has 0 amide bonds. The molecule has 1 saturated heterocycles. The second-order valence-electron chi connectivity index (χ2n) is 3.25. The van der Waals surface area contributed by atoms with Crippen molar-refractivity contribution in [2.24, 2.45) is 0 Å². The van der Waals surface area contributed by atoms with Gasteiger partial charge in [0, 0.05) is 20.6 Å². The summed E-state index contributed by atoms with van der Waals surface area (Å²) >= 11 is 0. The van der Waals surface area contributed by atoms with Gasteiger partial charge in [0.25, 0.3) is 0 Å². The third-order valence-corrected chi connectivity index (χ3v) is 2.00. The van der Waals surface area contributed by atoms with Crippen LogP contribution in [0, 0.1) is 0 Å². The molecule has 0 aromatic carbocycles. The van der Waals surface area contributed by atoms with Crippen LogP contribution >= 0.6 is 0 Å². The van der Waals surface area contributed by atoms with Gasteiger partial charge < -0.3 is 14.3 Å². The van der Waals surface area contributed by atoms with Crippen LogP contribution in [-0.4, -0.2) is 50.5 Å². The number of hydrogen-bond acceptors (Lipinski definition) is 5. The molecule has 1 aliphatic rings. The van der Waals surface area contributed by atoms with E-state index in [0.29, 0.717) is 26.3 Å². The second-order valence-corrected chi connectivity index (χ2v) is 3.25. The van der Waals surface area contributed by atoms with Gasteiger partial charge in [0.15, 0.2) is 0 Å². The molecule has 1 unspecified atom stereocenters. The summed E-state index contributed by atoms with van der Waals surface area (Å²) in [5.41, 5.74) is 0. The molecule has 0 saturated carbocycles. The van der Waals surface area contributed by atoms with E-state index in [1.165, 1.54) is 6.92 Å². The smallest absolute Gasteiger partial charge is 0.322 e. The van der Waals surface area contributed by atoms with Gasteiger partial charge >= 0.3 is 5.97 Å². The van der Waals surface area contributed by atoms with Gasteiger partial charge in [0.2, 0.25) is 0 Å². The monoisotopic (exact) mass is 203 g/mol. The quantitative estimate of drug-likeness (QED) is 0.653. The second kappa shape index (κ2) is 5.95. The molecular weight excluding hydrogens is 186 g/mol. The minimum Gasteiger partial charge on any atom is -0.385 e. The first-order chi connectivity index (χ1) is 6.72. The Morgan fingerprint density at radius 2 is 2.43 bits per heavy atom. The van der Waals surface area contributed by atoms with Gasteiger partial charge in [0.1, 0.15) is 0 Å². The molecule has 1 heterocycles. The fraction of sp³-hybridized carbons (Fsp3) is 0.889. The van der Waals surface area contributed by atoms with Gasteiger partial charge in [-0.15, -0.1) is 5.06 Å². The lowest BCUT2D eigenvalue weighted by atomic mass is 10.2. The van der Waals surface area contributed by atoms with E-state index < -0.39 is 0 Å². The highest BCUT2D eigenvalue weighted by atomic mass is 16.7. The standard InChI is InChI=1S/C9H17NO4/c1-8(11)14-10-4-6-13-9(7-10)3-5-12-2/h9H,3-7H2,1-2H3. The molecule has 1 rings (SSSR count). The lowest BCUT2D eigenvalue weighted by molar-refractivity contribution is -0.213. The molecule has 5 heteroatoms. The highest BCUT2D eigenvalue weighted by Crippen LogP contribution is 2.08. The van der Waals surface area contributed by atoms with Crippen LogP contribution in [0.3, 0.4) is 0 Å². The summed E-state index contributed by atoms with van der Waals surface area (Å²) < 4.78 is 10.4. The van der Waals surface area contributed by atoms with Crippen molar-refractivity contribution in [1.82, 2.24) is 5.06 Å². The third-order valence-electron chi connectivity index (χ3n) is 2.00. The topological polar surface area (TPSA) is 48.0 Å². The first-order valence-corrected chi connectivity index (χ1v) is 4.76. The molecule has 82 valence electrons. The summed E-state index contributed by atoms with van der Waals surface area (Å²) in [6.45, 7) is 3.94. The molecule has 0 bridgehead atoms. The van der Waals surface area contributed by atoms with Crippen LogP contribution in [0.2, 0.25) is 0 Å². The number of rotatable bonds is 4. The van der Waals surface area contributed by atoms with E-state index >= 15 is 0 Å². The van der Waals surface area contributed by atoms with Crippen LogP contribution in [-0.2, 0) is 19.1 Å². The molecule has 0 spiro atoms. The van der Waals surface area contributed by atoms with Crippen molar-refractivity contribution in [3.8, 4) is 0 Å². The molecule has 14 heavy (non-hydrogen) atoms. The number of methoxy groups -OCH3 is 1. The normalized spacial score (nSPS) is 23.4. The van der Waals surface area contributed by atoms with Crippen LogP contribution < -0.4 is 0 Å². The highest BCUT2D eigenvalue weighted by molar-refractivity contribution is 5.65. The lowest BCUT2D eigenvalue weighted by Crippen LogP contribution is -2.43. The maximum atomic E-state index is 10.7. The zero-order chi connectivity index (χ0) is 10.4. The van der Waals surface area contributed by atoms with Crippen molar-refractivity contribution in [3.63, 3.8) is 0 Å². The number of hydroxylamine groups is 2. The number of hydrogen-bond donors (Lipinski definition) is 0. The SMILES string of the molecule is COCCC1CN(OC(C)=O)CCO1. The van der Waals surface area contributed by atoms with Gasteiger partial charge in [-0.2, -0.15) is 0 Å². The number of nitrogens with zero attached hydrogens (tertiary/aromatic N) is 1. The first kappa shape index (κ1) is 11.4. The summed E-state index contributed by atoms with van der Waals surface area (Å²) in [7, 11) is 1.66. The van der Waals surface area contributed by atoms with E-state index in [1.807, 2.05) is 0 Å². The van der Waals surface area contributed by atoms with Gasteiger partial charge in [-0.25, -0.2) is 0 Å². The summed E-state index contributed by atoms with van der Waals surface area (Å²) in [4.78, 5) is 15.7. The van der Waals surface area contributed by atoms with Crippen molar-refractivity contribution in [2.45, 2.75) is 19.4 Å². The van der Waals surface area contributed by atoms with Crippen molar-refractivity contribution in [3.05, 3.63) is 0 Å². The number of carbonyl (C=O) groups excluding carboxylic acids is 1. The average molecular weight is 203 g/mol. The minimum atomic E-state index is -0.280. The maximum absolute atomic E-state index is 10.7. The number of ether oxygens (including phenoxy) is 2. The number of morpholine rings is 1. The maximum Gasteiger partial charge on any atom is 0.322 e. The highest BCUT2D eigenvalue weighted by Gasteiger charge is 2.21. The summed E-state index contributed by atoms with van der Waals surface area (Å²) in [5.74, 6) is -0.280. The predicted octanol–water partition coefficient (Wildman–Crippen LogP) is 0.202. The van der Waals surface area contributed by atoms with E-state index in [2.05, 4.69) is 0 Å². The average Bonchev–Trinajstić information content (AvgIpc) is 2.14. The summed E-state index contributed by atoms with van der Waals surface area (Å²) in [6.07, 6.45) is 0.928. The van der Waals surface area contributed by atoms with Crippen LogP contribution in [0.15, 0.2) is 0 Å². The van der Waals surface area contributed by atoms with E-state index in [-0.39, 0.29) is 12.1 Å². The fourth-order valence-corrected chi connectivity index (χ4v) is 1.38. The van der Waals surface area contributed by atoms with Crippen molar-refractivity contribution in [2.75, 3.05) is 33.4 Å². The molecule has 0 aromatic heterocycles. The summed E-state index contributed by atoms with van der Waals surface area (Å²) in [5, 5.41) is 1.64. The van der Waals surface area contributed by atoms with Crippen molar-refractivity contribution >= 4 is 5.97 Å². The Kier molecular flexibility index (Phi) is 4.86. The molecule has 0 aromatic rings. The first-order valence-electron chi connectivity index (χ1n) is 4.76. The summed E-state index contributed by atoms with van der Waals surface area (Å²) in [6, 6.07) is 0. The minimum absolute atomic E-state index is 0.100. The molecule has 0 N–H and O–H groups in total. The van der Waals surface area contributed by atoms with Crippen molar-refractivity contribution < 1.29 is 19.1 Å². The fourth-order valence-electron chi connectivity index (χ4n) is 1.38. The predicted molar refractivity (Wildman–Crippen MR) is 49.6 cm³/mol. The van der Waals surface area contributed by atoms with Gasteiger partial charge in [0.05, 0.1) is 25.8 Å². The zero-order valence-electron chi connectivity index (χ0n) is 8.69. The van der Waals surface area contributed by atoms with Crippen LogP contribution in [0.1, 0.15) is 13.3 Å². The Balaban J connectivity index is 2.24. The van der Waals surface area contributed by atoms with Crippen LogP contribution in [0.4, 0.5) is 0 Å². The van der Waals surface area contributed by atoms with E-state index in [4.69, 9.17) is 14.3 Å². The molecule has 1 atom stereocenters. The molecule has 1 fully saturated rings. The van der Waals surface area contributed by atoms with Crippen molar-refractivity contribution in [1.29, 1.82) is 0 Å². The van der Waals surface area contributed by atoms with E-state index in [9.17, 15) is 4.79 Å². The Morgan fingerprint density at radius 3 is 3.07 bits per heavy atom. The van der Waals surface area contributed by atoms with Gasteiger partial charge in [-0.3, -0.25) is 4.79 Å². The molecule has 0 aliphatic carbocycles. The Labute approximate surface area is 83.9 Å². The Bertz CT molecular complexity index is 186. The van der Waals surface area contributed by atoms with Gasteiger partial charge in [-0.1, -0.05) is 0 Å². The van der Waals surface area contributed by atoms with E-state index in [0.717, 1.165) is 6.42 Å². The zero-order valence-corrected chi connectivity index (χ0v) is 8.69. The van der Waals surface area contributed by atoms with Crippen LogP contribution in [0.5, 0.6) is 0 Å². The number of carbonyl (C=O) groups is 1. The molecule has 1 aliphatic heterocycles. The van der Waals surface area contributed by atoms with Gasteiger partial charge in [-0.05, 0) is 6.42 Å². The lowest BCUT2D eigenvalue weighted by Gasteiger charge is -2.30. The Morgan fingerprint density at radius 1 is 1.64 bits per heavy atom. The Hall–Kier alpha value is -0.650. The van der Waals surface area contributed by atoms with Crippen LogP contribution in [0.25, 0.3) is 0 Å². The molecular formula is C9H17NO4. The molecule has 5 nitrogen and oxygen atoms in total.